The smallest absolute Gasteiger partial charge is 0.00103 e. The second-order valence-corrected chi connectivity index (χ2v) is 5.70. The minimum absolute atomic E-state index is 0.625. The zero-order valence-corrected chi connectivity index (χ0v) is 12.6. The average Bonchev–Trinajstić information content (AvgIpc) is 2.30. The Morgan fingerprint density at radius 3 is 2.39 bits per heavy atom. The van der Waals surface area contributed by atoms with Gasteiger partial charge in [0.2, 0.25) is 0 Å². The molecule has 0 spiro atoms. The lowest BCUT2D eigenvalue weighted by molar-refractivity contribution is 0.541. The molecule has 0 aliphatic heterocycles. The Bertz CT molecular complexity index is 341. The third-order valence-corrected chi connectivity index (χ3v) is 3.42. The molecular weight excluding hydrogens is 218 g/mol. The number of hydrogen-bond donors (Lipinski definition) is 1. The van der Waals surface area contributed by atoms with Crippen LogP contribution < -0.4 is 5.32 Å². The summed E-state index contributed by atoms with van der Waals surface area (Å²) < 4.78 is 0. The highest BCUT2D eigenvalue weighted by molar-refractivity contribution is 5.30. The summed E-state index contributed by atoms with van der Waals surface area (Å²) in [6.45, 7) is 9.98. The molecule has 0 saturated carbocycles. The molecule has 0 atom stereocenters. The molecule has 0 aliphatic carbocycles. The largest absolute Gasteiger partial charge is 0.315 e. The van der Waals surface area contributed by atoms with E-state index in [4.69, 9.17) is 0 Å². The van der Waals surface area contributed by atoms with Gasteiger partial charge in [-0.15, -0.1) is 0 Å². The lowest BCUT2D eigenvalue weighted by Crippen LogP contribution is -2.23. The van der Waals surface area contributed by atoms with Crippen molar-refractivity contribution in [2.45, 2.75) is 65.8 Å². The Morgan fingerprint density at radius 1 is 1.00 bits per heavy atom. The van der Waals surface area contributed by atoms with Gasteiger partial charge >= 0.3 is 0 Å². The summed E-state index contributed by atoms with van der Waals surface area (Å²) in [6.07, 6.45) is 6.58. The van der Waals surface area contributed by atoms with E-state index in [0.717, 1.165) is 0 Å². The van der Waals surface area contributed by atoms with Crippen LogP contribution in [0.4, 0.5) is 0 Å². The molecule has 1 N–H and O–H groups in total. The molecule has 0 amide bonds. The summed E-state index contributed by atoms with van der Waals surface area (Å²) in [4.78, 5) is 0. The van der Waals surface area contributed by atoms with Crippen molar-refractivity contribution in [2.75, 3.05) is 6.54 Å². The molecule has 0 radical (unpaired) electrons. The van der Waals surface area contributed by atoms with Crippen LogP contribution in [-0.2, 0) is 6.42 Å². The Balaban J connectivity index is 2.11. The molecule has 0 heterocycles. The second kappa shape index (κ2) is 8.31. The van der Waals surface area contributed by atoms with E-state index in [1.165, 1.54) is 55.3 Å². The fraction of sp³-hybridized carbons (Fsp3) is 0.647. The number of rotatable bonds is 8. The monoisotopic (exact) mass is 247 g/mol. The van der Waals surface area contributed by atoms with Gasteiger partial charge in [-0.3, -0.25) is 0 Å². The second-order valence-electron chi connectivity index (χ2n) is 5.70. The first-order valence-electron chi connectivity index (χ1n) is 7.39. The van der Waals surface area contributed by atoms with Crippen molar-refractivity contribution in [3.8, 4) is 0 Å². The molecule has 1 heteroatoms. The minimum Gasteiger partial charge on any atom is -0.315 e. The van der Waals surface area contributed by atoms with Crippen molar-refractivity contribution in [1.29, 1.82) is 0 Å². The Hall–Kier alpha value is -0.820. The topological polar surface area (TPSA) is 12.0 Å². The van der Waals surface area contributed by atoms with Crippen LogP contribution in [0.3, 0.4) is 0 Å². The predicted molar refractivity (Wildman–Crippen MR) is 81.2 cm³/mol. The average molecular weight is 247 g/mol. The molecule has 102 valence electrons. The van der Waals surface area contributed by atoms with Crippen molar-refractivity contribution in [3.63, 3.8) is 0 Å². The number of aryl methyl sites for hydroxylation is 3. The molecule has 0 saturated heterocycles. The Kier molecular flexibility index (Phi) is 7.04. The molecule has 0 aliphatic rings. The molecule has 1 rings (SSSR count). The van der Waals surface area contributed by atoms with E-state index in [9.17, 15) is 0 Å². The van der Waals surface area contributed by atoms with Crippen LogP contribution in [0, 0.1) is 13.8 Å². The quantitative estimate of drug-likeness (QED) is 0.671. The molecule has 0 aromatic heterocycles. The van der Waals surface area contributed by atoms with Crippen molar-refractivity contribution in [1.82, 2.24) is 5.32 Å². The van der Waals surface area contributed by atoms with Gasteiger partial charge < -0.3 is 5.32 Å². The maximum Gasteiger partial charge on any atom is 0.00103 e. The fourth-order valence-corrected chi connectivity index (χ4v) is 2.31. The van der Waals surface area contributed by atoms with Gasteiger partial charge in [0.05, 0.1) is 0 Å². The van der Waals surface area contributed by atoms with E-state index >= 15 is 0 Å². The molecule has 1 aromatic carbocycles. The normalized spacial score (nSPS) is 11.2. The van der Waals surface area contributed by atoms with E-state index in [2.05, 4.69) is 51.2 Å². The molecule has 1 nitrogen and oxygen atoms in total. The van der Waals surface area contributed by atoms with Crippen molar-refractivity contribution in [2.24, 2.45) is 0 Å². The lowest BCUT2D eigenvalue weighted by atomic mass is 10.00. The van der Waals surface area contributed by atoms with Crippen LogP contribution in [0.2, 0.25) is 0 Å². The van der Waals surface area contributed by atoms with E-state index < -0.39 is 0 Å². The van der Waals surface area contributed by atoms with Gasteiger partial charge in [0.25, 0.3) is 0 Å². The van der Waals surface area contributed by atoms with Gasteiger partial charge in [0.1, 0.15) is 0 Å². The maximum absolute atomic E-state index is 3.47. The van der Waals surface area contributed by atoms with Crippen molar-refractivity contribution >= 4 is 0 Å². The van der Waals surface area contributed by atoms with Gasteiger partial charge in [0, 0.05) is 6.04 Å². The molecule has 1 aromatic rings. The van der Waals surface area contributed by atoms with E-state index in [0.29, 0.717) is 6.04 Å². The molecule has 0 unspecified atom stereocenters. The number of unbranched alkanes of at least 4 members (excludes halogenated alkanes) is 3. The Labute approximate surface area is 113 Å². The first kappa shape index (κ1) is 15.2. The highest BCUT2D eigenvalue weighted by Crippen LogP contribution is 2.14. The summed E-state index contributed by atoms with van der Waals surface area (Å²) in [5, 5.41) is 3.47. The van der Waals surface area contributed by atoms with E-state index in [1.54, 1.807) is 0 Å². The van der Waals surface area contributed by atoms with Crippen LogP contribution in [0.25, 0.3) is 0 Å². The third-order valence-electron chi connectivity index (χ3n) is 3.42. The third kappa shape index (κ3) is 6.20. The lowest BCUT2D eigenvalue weighted by Gasteiger charge is -2.08. The van der Waals surface area contributed by atoms with Gasteiger partial charge in [-0.2, -0.15) is 0 Å². The standard InChI is InChI=1S/C17H29N/c1-14(2)18-12-8-6-5-7-9-17-11-10-15(3)13-16(17)4/h10-11,13-14,18H,5-9,12H2,1-4H3. The molecular formula is C17H29N. The Morgan fingerprint density at radius 2 is 1.72 bits per heavy atom. The summed E-state index contributed by atoms with van der Waals surface area (Å²) in [6, 6.07) is 7.45. The zero-order valence-electron chi connectivity index (χ0n) is 12.6. The van der Waals surface area contributed by atoms with Crippen molar-refractivity contribution < 1.29 is 0 Å². The first-order chi connectivity index (χ1) is 8.59. The summed E-state index contributed by atoms with van der Waals surface area (Å²) >= 11 is 0. The zero-order chi connectivity index (χ0) is 13.4. The van der Waals surface area contributed by atoms with E-state index in [-0.39, 0.29) is 0 Å². The SMILES string of the molecule is Cc1ccc(CCCCCCNC(C)C)c(C)c1. The molecule has 0 bridgehead atoms. The summed E-state index contributed by atoms with van der Waals surface area (Å²) in [5.74, 6) is 0. The van der Waals surface area contributed by atoms with Gasteiger partial charge in [0.15, 0.2) is 0 Å². The highest BCUT2D eigenvalue weighted by Gasteiger charge is 1.99. The summed E-state index contributed by atoms with van der Waals surface area (Å²) in [5.41, 5.74) is 4.35. The van der Waals surface area contributed by atoms with Crippen LogP contribution in [0.1, 0.15) is 56.2 Å². The van der Waals surface area contributed by atoms with Crippen LogP contribution >= 0.6 is 0 Å². The summed E-state index contributed by atoms with van der Waals surface area (Å²) in [7, 11) is 0. The van der Waals surface area contributed by atoms with E-state index in [1.807, 2.05) is 0 Å². The van der Waals surface area contributed by atoms with Gasteiger partial charge in [-0.05, 0) is 50.8 Å². The van der Waals surface area contributed by atoms with Crippen LogP contribution in [0.5, 0.6) is 0 Å². The molecule has 0 fully saturated rings. The highest BCUT2D eigenvalue weighted by atomic mass is 14.9. The number of hydrogen-bond acceptors (Lipinski definition) is 1. The fourth-order valence-electron chi connectivity index (χ4n) is 2.31. The predicted octanol–water partition coefficient (Wildman–Crippen LogP) is 4.40. The maximum atomic E-state index is 3.47. The number of nitrogens with one attached hydrogen (secondary N) is 1. The van der Waals surface area contributed by atoms with Gasteiger partial charge in [-0.25, -0.2) is 0 Å². The number of benzene rings is 1. The van der Waals surface area contributed by atoms with Crippen molar-refractivity contribution in [3.05, 3.63) is 34.9 Å². The molecule has 18 heavy (non-hydrogen) atoms. The minimum atomic E-state index is 0.625. The first-order valence-corrected chi connectivity index (χ1v) is 7.39. The van der Waals surface area contributed by atoms with Gasteiger partial charge in [-0.1, -0.05) is 50.5 Å². The van der Waals surface area contributed by atoms with Crippen LogP contribution in [0.15, 0.2) is 18.2 Å². The van der Waals surface area contributed by atoms with Crippen LogP contribution in [-0.4, -0.2) is 12.6 Å².